The highest BCUT2D eigenvalue weighted by Crippen LogP contribution is 2.34. The van der Waals surface area contributed by atoms with E-state index in [0.717, 1.165) is 31.5 Å². The molecule has 3 aliphatic rings. The van der Waals surface area contributed by atoms with Gasteiger partial charge in [-0.1, -0.05) is 0 Å². The average Bonchev–Trinajstić information content (AvgIpc) is 3.24. The van der Waals surface area contributed by atoms with E-state index in [4.69, 9.17) is 5.73 Å². The lowest BCUT2D eigenvalue weighted by molar-refractivity contribution is -0.136. The van der Waals surface area contributed by atoms with Crippen molar-refractivity contribution in [2.24, 2.45) is 11.7 Å². The minimum absolute atomic E-state index is 0.112. The van der Waals surface area contributed by atoms with Crippen LogP contribution in [0.25, 0.3) is 0 Å². The SMILES string of the molecule is NC(=O)Cn1ccnc1C1CCN(C(=O)C2CC(=O)N(C3CC3)C2)CC1. The summed E-state index contributed by atoms with van der Waals surface area (Å²) in [5, 5.41) is 0. The van der Waals surface area contributed by atoms with E-state index >= 15 is 0 Å². The fourth-order valence-electron chi connectivity index (χ4n) is 4.23. The van der Waals surface area contributed by atoms with Gasteiger partial charge in [-0.2, -0.15) is 0 Å². The van der Waals surface area contributed by atoms with Crippen LogP contribution in [0.4, 0.5) is 0 Å². The predicted octanol–water partition coefficient (Wildman–Crippen LogP) is 0.0853. The average molecular weight is 359 g/mol. The van der Waals surface area contributed by atoms with Crippen LogP contribution in [0.1, 0.15) is 43.8 Å². The van der Waals surface area contributed by atoms with E-state index in [1.54, 1.807) is 17.0 Å². The summed E-state index contributed by atoms with van der Waals surface area (Å²) >= 11 is 0. The topological polar surface area (TPSA) is 102 Å². The second-order valence-corrected chi connectivity index (χ2v) is 7.66. The van der Waals surface area contributed by atoms with Gasteiger partial charge in [0, 0.05) is 50.4 Å². The third-order valence-electron chi connectivity index (χ3n) is 5.74. The van der Waals surface area contributed by atoms with Gasteiger partial charge in [0.1, 0.15) is 12.4 Å². The van der Waals surface area contributed by atoms with Crippen LogP contribution in [0.3, 0.4) is 0 Å². The van der Waals surface area contributed by atoms with Gasteiger partial charge in [-0.05, 0) is 25.7 Å². The molecule has 3 heterocycles. The molecule has 8 heteroatoms. The number of imidazole rings is 1. The van der Waals surface area contributed by atoms with Gasteiger partial charge in [-0.15, -0.1) is 0 Å². The highest BCUT2D eigenvalue weighted by atomic mass is 16.2. The molecule has 4 rings (SSSR count). The molecular weight excluding hydrogens is 334 g/mol. The van der Waals surface area contributed by atoms with Crippen molar-refractivity contribution in [3.8, 4) is 0 Å². The molecular formula is C18H25N5O3. The first kappa shape index (κ1) is 17.1. The monoisotopic (exact) mass is 359 g/mol. The standard InChI is InChI=1S/C18H25N5O3/c19-15(24)11-22-8-5-20-17(22)12-3-6-21(7-4-12)18(26)13-9-16(25)23(10-13)14-1-2-14/h5,8,12-14H,1-4,6-7,9-11H2,(H2,19,24). The van der Waals surface area contributed by atoms with Crippen molar-refractivity contribution in [3.05, 3.63) is 18.2 Å². The molecule has 0 aromatic carbocycles. The number of nitrogens with zero attached hydrogens (tertiary/aromatic N) is 4. The molecule has 1 aromatic heterocycles. The maximum Gasteiger partial charge on any atom is 0.237 e. The summed E-state index contributed by atoms with van der Waals surface area (Å²) in [5.41, 5.74) is 5.29. The Morgan fingerprint density at radius 1 is 1.19 bits per heavy atom. The number of amides is 3. The highest BCUT2D eigenvalue weighted by molar-refractivity contribution is 5.89. The summed E-state index contributed by atoms with van der Waals surface area (Å²) in [6.45, 7) is 2.06. The zero-order chi connectivity index (χ0) is 18.3. The van der Waals surface area contributed by atoms with Gasteiger partial charge in [0.15, 0.2) is 0 Å². The van der Waals surface area contributed by atoms with Gasteiger partial charge >= 0.3 is 0 Å². The summed E-state index contributed by atoms with van der Waals surface area (Å²) < 4.78 is 1.80. The van der Waals surface area contributed by atoms with Gasteiger partial charge in [0.2, 0.25) is 17.7 Å². The Labute approximate surface area is 152 Å². The molecule has 8 nitrogen and oxygen atoms in total. The number of likely N-dealkylation sites (tertiary alicyclic amines) is 2. The summed E-state index contributed by atoms with van der Waals surface area (Å²) in [5.74, 6) is 0.766. The van der Waals surface area contributed by atoms with Crippen LogP contribution < -0.4 is 5.73 Å². The quantitative estimate of drug-likeness (QED) is 0.805. The molecule has 1 atom stereocenters. The number of hydrogen-bond acceptors (Lipinski definition) is 4. The van der Waals surface area contributed by atoms with Crippen molar-refractivity contribution in [1.82, 2.24) is 19.4 Å². The number of primary amides is 1. The molecule has 2 N–H and O–H groups in total. The van der Waals surface area contributed by atoms with Crippen LogP contribution in [0.5, 0.6) is 0 Å². The van der Waals surface area contributed by atoms with Gasteiger partial charge in [0.05, 0.1) is 5.92 Å². The molecule has 2 aliphatic heterocycles. The molecule has 1 aromatic rings. The molecule has 0 spiro atoms. The molecule has 0 radical (unpaired) electrons. The highest BCUT2D eigenvalue weighted by Gasteiger charge is 2.43. The predicted molar refractivity (Wildman–Crippen MR) is 92.8 cm³/mol. The zero-order valence-corrected chi connectivity index (χ0v) is 14.8. The van der Waals surface area contributed by atoms with Crippen molar-refractivity contribution in [2.75, 3.05) is 19.6 Å². The minimum Gasteiger partial charge on any atom is -0.368 e. The Morgan fingerprint density at radius 2 is 1.92 bits per heavy atom. The van der Waals surface area contributed by atoms with E-state index in [1.165, 1.54) is 0 Å². The van der Waals surface area contributed by atoms with Crippen LogP contribution in [-0.4, -0.2) is 62.7 Å². The first-order chi connectivity index (χ1) is 12.5. The summed E-state index contributed by atoms with van der Waals surface area (Å²) in [6.07, 6.45) is 7.61. The Hall–Kier alpha value is -2.38. The van der Waals surface area contributed by atoms with Gasteiger partial charge in [0.25, 0.3) is 0 Å². The smallest absolute Gasteiger partial charge is 0.237 e. The van der Waals surface area contributed by atoms with Crippen LogP contribution in [-0.2, 0) is 20.9 Å². The molecule has 1 saturated carbocycles. The van der Waals surface area contributed by atoms with Crippen molar-refractivity contribution in [1.29, 1.82) is 0 Å². The first-order valence-corrected chi connectivity index (χ1v) is 9.40. The number of nitrogens with two attached hydrogens (primary N) is 1. The molecule has 1 unspecified atom stereocenters. The van der Waals surface area contributed by atoms with Crippen LogP contribution in [0.15, 0.2) is 12.4 Å². The summed E-state index contributed by atoms with van der Waals surface area (Å²) in [7, 11) is 0. The number of carbonyl (C=O) groups excluding carboxylic acids is 3. The number of aromatic nitrogens is 2. The van der Waals surface area contributed by atoms with Gasteiger partial charge < -0.3 is 20.1 Å². The van der Waals surface area contributed by atoms with E-state index < -0.39 is 0 Å². The number of rotatable bonds is 5. The van der Waals surface area contributed by atoms with Crippen molar-refractivity contribution >= 4 is 17.7 Å². The zero-order valence-electron chi connectivity index (χ0n) is 14.8. The van der Waals surface area contributed by atoms with E-state index in [-0.39, 0.29) is 36.1 Å². The lowest BCUT2D eigenvalue weighted by Gasteiger charge is -2.33. The van der Waals surface area contributed by atoms with E-state index in [0.29, 0.717) is 32.1 Å². The van der Waals surface area contributed by atoms with Crippen molar-refractivity contribution in [2.45, 2.75) is 50.6 Å². The second-order valence-electron chi connectivity index (χ2n) is 7.66. The van der Waals surface area contributed by atoms with Gasteiger partial charge in [-0.3, -0.25) is 14.4 Å². The molecule has 3 amide bonds. The van der Waals surface area contributed by atoms with Crippen LogP contribution in [0, 0.1) is 5.92 Å². The second kappa shape index (κ2) is 6.74. The third kappa shape index (κ3) is 3.32. The van der Waals surface area contributed by atoms with Crippen LogP contribution in [0.2, 0.25) is 0 Å². The van der Waals surface area contributed by atoms with Crippen molar-refractivity contribution in [3.63, 3.8) is 0 Å². The third-order valence-corrected chi connectivity index (χ3v) is 5.74. The molecule has 0 bridgehead atoms. The fourth-order valence-corrected chi connectivity index (χ4v) is 4.23. The normalized spacial score (nSPS) is 24.3. The largest absolute Gasteiger partial charge is 0.368 e. The number of piperidine rings is 1. The number of hydrogen-bond donors (Lipinski definition) is 1. The van der Waals surface area contributed by atoms with Crippen molar-refractivity contribution < 1.29 is 14.4 Å². The number of carbonyl (C=O) groups is 3. The maximum absolute atomic E-state index is 12.8. The summed E-state index contributed by atoms with van der Waals surface area (Å²) in [6, 6.07) is 0.384. The first-order valence-electron chi connectivity index (χ1n) is 9.40. The molecule has 1 aliphatic carbocycles. The molecule has 26 heavy (non-hydrogen) atoms. The lowest BCUT2D eigenvalue weighted by atomic mass is 9.94. The maximum atomic E-state index is 12.8. The summed E-state index contributed by atoms with van der Waals surface area (Å²) in [4.78, 5) is 44.3. The van der Waals surface area contributed by atoms with E-state index in [2.05, 4.69) is 4.98 Å². The molecule has 2 saturated heterocycles. The Morgan fingerprint density at radius 3 is 2.58 bits per heavy atom. The lowest BCUT2D eigenvalue weighted by Crippen LogP contribution is -2.42. The Bertz CT molecular complexity index is 718. The van der Waals surface area contributed by atoms with E-state index in [1.807, 2.05) is 9.80 Å². The molecule has 3 fully saturated rings. The Balaban J connectivity index is 1.34. The minimum atomic E-state index is -0.386. The van der Waals surface area contributed by atoms with Gasteiger partial charge in [-0.25, -0.2) is 4.98 Å². The molecule has 140 valence electrons. The van der Waals surface area contributed by atoms with E-state index in [9.17, 15) is 14.4 Å². The Kier molecular flexibility index (Phi) is 4.42. The van der Waals surface area contributed by atoms with Crippen LogP contribution >= 0.6 is 0 Å². The fraction of sp³-hybridized carbons (Fsp3) is 0.667.